The lowest BCUT2D eigenvalue weighted by Gasteiger charge is -2.13. The van der Waals surface area contributed by atoms with Gasteiger partial charge in [0.1, 0.15) is 0 Å². The number of aryl methyl sites for hydroxylation is 1. The molecule has 0 saturated heterocycles. The quantitative estimate of drug-likeness (QED) is 0.796. The van der Waals surface area contributed by atoms with Crippen molar-refractivity contribution in [3.8, 4) is 5.69 Å². The van der Waals surface area contributed by atoms with Gasteiger partial charge >= 0.3 is 0 Å². The van der Waals surface area contributed by atoms with Crippen LogP contribution >= 0.6 is 11.6 Å². The van der Waals surface area contributed by atoms with Crippen molar-refractivity contribution in [2.75, 3.05) is 5.32 Å². The SMILES string of the molecule is Cc1cc(Cl)ccc1CNc1ccccc1-n1ccnn1. The Hall–Kier alpha value is -2.33. The Bertz CT molecular complexity index is 738. The van der Waals surface area contributed by atoms with Crippen LogP contribution in [0.4, 0.5) is 5.69 Å². The van der Waals surface area contributed by atoms with Crippen molar-refractivity contribution in [3.63, 3.8) is 0 Å². The summed E-state index contributed by atoms with van der Waals surface area (Å²) in [5.74, 6) is 0. The van der Waals surface area contributed by atoms with E-state index >= 15 is 0 Å². The molecule has 0 aliphatic carbocycles. The Morgan fingerprint density at radius 1 is 1.19 bits per heavy atom. The van der Waals surface area contributed by atoms with E-state index in [-0.39, 0.29) is 0 Å². The highest BCUT2D eigenvalue weighted by molar-refractivity contribution is 6.30. The molecular formula is C16H15ClN4. The zero-order chi connectivity index (χ0) is 14.7. The molecule has 21 heavy (non-hydrogen) atoms. The van der Waals surface area contributed by atoms with Crippen molar-refractivity contribution < 1.29 is 0 Å². The standard InChI is InChI=1S/C16H15ClN4/c1-12-10-14(17)7-6-13(12)11-18-15-4-2-3-5-16(15)21-9-8-19-20-21/h2-10,18H,11H2,1H3. The molecule has 3 aromatic rings. The maximum absolute atomic E-state index is 5.99. The molecule has 5 heteroatoms. The lowest BCUT2D eigenvalue weighted by molar-refractivity contribution is 0.803. The Balaban J connectivity index is 1.83. The zero-order valence-electron chi connectivity index (χ0n) is 11.6. The van der Waals surface area contributed by atoms with Crippen LogP contribution in [0.1, 0.15) is 11.1 Å². The number of rotatable bonds is 4. The molecule has 0 spiro atoms. The highest BCUT2D eigenvalue weighted by atomic mass is 35.5. The van der Waals surface area contributed by atoms with Crippen molar-refractivity contribution in [3.05, 3.63) is 71.0 Å². The van der Waals surface area contributed by atoms with E-state index in [2.05, 4.69) is 22.6 Å². The van der Waals surface area contributed by atoms with Gasteiger partial charge in [-0.25, -0.2) is 4.68 Å². The molecule has 0 fully saturated rings. The molecule has 0 amide bonds. The maximum Gasteiger partial charge on any atom is 0.0894 e. The van der Waals surface area contributed by atoms with Crippen molar-refractivity contribution >= 4 is 17.3 Å². The summed E-state index contributed by atoms with van der Waals surface area (Å²) < 4.78 is 1.75. The fourth-order valence-electron chi connectivity index (χ4n) is 2.21. The minimum atomic E-state index is 0.731. The number of nitrogens with zero attached hydrogens (tertiary/aromatic N) is 3. The van der Waals surface area contributed by atoms with E-state index in [9.17, 15) is 0 Å². The molecule has 0 unspecified atom stereocenters. The predicted octanol–water partition coefficient (Wildman–Crippen LogP) is 3.84. The number of nitrogens with one attached hydrogen (secondary N) is 1. The summed E-state index contributed by atoms with van der Waals surface area (Å²) in [6.45, 7) is 2.79. The van der Waals surface area contributed by atoms with Gasteiger partial charge in [0.15, 0.2) is 0 Å². The van der Waals surface area contributed by atoms with Gasteiger partial charge in [-0.1, -0.05) is 35.0 Å². The minimum Gasteiger partial charge on any atom is -0.379 e. The first-order chi connectivity index (χ1) is 10.2. The van der Waals surface area contributed by atoms with Crippen molar-refractivity contribution in [2.24, 2.45) is 0 Å². The number of aromatic nitrogens is 3. The molecule has 1 heterocycles. The first-order valence-electron chi connectivity index (χ1n) is 6.68. The molecule has 1 aromatic heterocycles. The third-order valence-electron chi connectivity index (χ3n) is 3.35. The number of halogens is 1. The molecule has 0 atom stereocenters. The van der Waals surface area contributed by atoms with Crippen LogP contribution in [0.2, 0.25) is 5.02 Å². The van der Waals surface area contributed by atoms with Crippen LogP contribution < -0.4 is 5.32 Å². The van der Waals surface area contributed by atoms with Crippen molar-refractivity contribution in [2.45, 2.75) is 13.5 Å². The second kappa shape index (κ2) is 5.97. The van der Waals surface area contributed by atoms with Gasteiger partial charge in [0.25, 0.3) is 0 Å². The minimum absolute atomic E-state index is 0.731. The Labute approximate surface area is 128 Å². The first kappa shape index (κ1) is 13.6. The number of benzene rings is 2. The smallest absolute Gasteiger partial charge is 0.0894 e. The van der Waals surface area contributed by atoms with Crippen molar-refractivity contribution in [1.82, 2.24) is 15.0 Å². The van der Waals surface area contributed by atoms with Gasteiger partial charge in [0.2, 0.25) is 0 Å². The van der Waals surface area contributed by atoms with E-state index < -0.39 is 0 Å². The fraction of sp³-hybridized carbons (Fsp3) is 0.125. The summed E-state index contributed by atoms with van der Waals surface area (Å²) in [7, 11) is 0. The summed E-state index contributed by atoms with van der Waals surface area (Å²) in [6, 6.07) is 13.9. The molecule has 0 aliphatic heterocycles. The monoisotopic (exact) mass is 298 g/mol. The van der Waals surface area contributed by atoms with E-state index in [1.807, 2.05) is 48.7 Å². The van der Waals surface area contributed by atoms with E-state index in [0.717, 1.165) is 22.9 Å². The van der Waals surface area contributed by atoms with E-state index in [4.69, 9.17) is 11.6 Å². The lowest BCUT2D eigenvalue weighted by Crippen LogP contribution is -2.06. The lowest BCUT2D eigenvalue weighted by atomic mass is 10.1. The van der Waals surface area contributed by atoms with Crippen LogP contribution in [0, 0.1) is 6.92 Å². The number of hydrogen-bond donors (Lipinski definition) is 1. The molecule has 106 valence electrons. The first-order valence-corrected chi connectivity index (χ1v) is 7.06. The summed E-state index contributed by atoms with van der Waals surface area (Å²) in [4.78, 5) is 0. The summed E-state index contributed by atoms with van der Waals surface area (Å²) >= 11 is 5.99. The molecular weight excluding hydrogens is 284 g/mol. The molecule has 3 rings (SSSR count). The molecule has 0 saturated carbocycles. The Kier molecular flexibility index (Phi) is 3.88. The largest absolute Gasteiger partial charge is 0.379 e. The molecule has 0 bridgehead atoms. The molecule has 2 aromatic carbocycles. The van der Waals surface area contributed by atoms with Crippen LogP contribution in [0.25, 0.3) is 5.69 Å². The summed E-state index contributed by atoms with van der Waals surface area (Å²) in [6.07, 6.45) is 3.49. The van der Waals surface area contributed by atoms with Crippen LogP contribution in [0.5, 0.6) is 0 Å². The van der Waals surface area contributed by atoms with Gasteiger partial charge in [0.05, 0.1) is 23.8 Å². The second-order valence-corrected chi connectivity index (χ2v) is 5.23. The summed E-state index contributed by atoms with van der Waals surface area (Å²) in [5, 5.41) is 12.1. The van der Waals surface area contributed by atoms with Gasteiger partial charge in [-0.2, -0.15) is 0 Å². The van der Waals surface area contributed by atoms with E-state index in [1.54, 1.807) is 10.9 Å². The van der Waals surface area contributed by atoms with Crippen LogP contribution in [-0.2, 0) is 6.54 Å². The second-order valence-electron chi connectivity index (χ2n) is 4.79. The average Bonchev–Trinajstić information content (AvgIpc) is 3.01. The van der Waals surface area contributed by atoms with Gasteiger partial charge in [-0.15, -0.1) is 5.10 Å². The highest BCUT2D eigenvalue weighted by Gasteiger charge is 2.05. The van der Waals surface area contributed by atoms with Gasteiger partial charge in [-0.05, 0) is 42.3 Å². The topological polar surface area (TPSA) is 42.7 Å². The van der Waals surface area contributed by atoms with E-state index in [1.165, 1.54) is 11.1 Å². The summed E-state index contributed by atoms with van der Waals surface area (Å²) in [5.41, 5.74) is 4.37. The zero-order valence-corrected chi connectivity index (χ0v) is 12.4. The molecule has 4 nitrogen and oxygen atoms in total. The highest BCUT2D eigenvalue weighted by Crippen LogP contribution is 2.21. The molecule has 1 N–H and O–H groups in total. The van der Waals surface area contributed by atoms with Crippen LogP contribution in [-0.4, -0.2) is 15.0 Å². The van der Waals surface area contributed by atoms with Crippen molar-refractivity contribution in [1.29, 1.82) is 0 Å². The third kappa shape index (κ3) is 3.06. The number of anilines is 1. The van der Waals surface area contributed by atoms with Crippen LogP contribution in [0.15, 0.2) is 54.9 Å². The third-order valence-corrected chi connectivity index (χ3v) is 3.58. The van der Waals surface area contributed by atoms with Gasteiger partial charge in [-0.3, -0.25) is 0 Å². The number of para-hydroxylation sites is 2. The average molecular weight is 299 g/mol. The fourth-order valence-corrected chi connectivity index (χ4v) is 2.43. The normalized spacial score (nSPS) is 10.6. The van der Waals surface area contributed by atoms with Gasteiger partial charge < -0.3 is 5.32 Å². The maximum atomic E-state index is 5.99. The van der Waals surface area contributed by atoms with Crippen LogP contribution in [0.3, 0.4) is 0 Å². The predicted molar refractivity (Wildman–Crippen MR) is 84.9 cm³/mol. The Morgan fingerprint density at radius 2 is 2.05 bits per heavy atom. The van der Waals surface area contributed by atoms with E-state index in [0.29, 0.717) is 0 Å². The Morgan fingerprint density at radius 3 is 2.81 bits per heavy atom. The molecule has 0 aliphatic rings. The number of hydrogen-bond acceptors (Lipinski definition) is 3. The molecule has 0 radical (unpaired) electrons. The van der Waals surface area contributed by atoms with Gasteiger partial charge in [0, 0.05) is 11.6 Å².